The standard InChI is InChI=1S/C15H25NS/c1-4-5-6-7-8-13(2)16-14-9-11-15(17-3)12-10-14/h9-13,16H,4-8H2,1-3H3. The fraction of sp³-hybridized carbons (Fsp3) is 0.600. The zero-order chi connectivity index (χ0) is 12.5. The molecule has 0 spiro atoms. The largest absolute Gasteiger partial charge is 0.383 e. The lowest BCUT2D eigenvalue weighted by Crippen LogP contribution is -2.14. The Kier molecular flexibility index (Phi) is 7.18. The number of unbranched alkanes of at least 4 members (excludes halogenated alkanes) is 3. The maximum Gasteiger partial charge on any atom is 0.0342 e. The van der Waals surface area contributed by atoms with Crippen molar-refractivity contribution in [2.45, 2.75) is 56.9 Å². The molecule has 0 aromatic heterocycles. The molecule has 1 nitrogen and oxygen atoms in total. The quantitative estimate of drug-likeness (QED) is 0.504. The Morgan fingerprint density at radius 2 is 1.82 bits per heavy atom. The number of anilines is 1. The predicted octanol–water partition coefficient (Wildman–Crippen LogP) is 5.18. The Balaban J connectivity index is 2.26. The Bertz CT molecular complexity index is 294. The van der Waals surface area contributed by atoms with Gasteiger partial charge in [0.25, 0.3) is 0 Å². The summed E-state index contributed by atoms with van der Waals surface area (Å²) in [5.74, 6) is 0. The van der Waals surface area contributed by atoms with E-state index >= 15 is 0 Å². The van der Waals surface area contributed by atoms with Gasteiger partial charge in [0.2, 0.25) is 0 Å². The van der Waals surface area contributed by atoms with Crippen molar-refractivity contribution in [2.75, 3.05) is 11.6 Å². The molecule has 1 rings (SSSR count). The zero-order valence-corrected chi connectivity index (χ0v) is 12.1. The molecule has 0 saturated heterocycles. The molecule has 1 N–H and O–H groups in total. The van der Waals surface area contributed by atoms with E-state index in [1.54, 1.807) is 11.8 Å². The molecule has 0 fully saturated rings. The van der Waals surface area contributed by atoms with Crippen LogP contribution in [-0.4, -0.2) is 12.3 Å². The fourth-order valence-electron chi connectivity index (χ4n) is 1.92. The monoisotopic (exact) mass is 251 g/mol. The van der Waals surface area contributed by atoms with E-state index in [1.807, 2.05) is 0 Å². The molecule has 0 amide bonds. The van der Waals surface area contributed by atoms with Gasteiger partial charge in [0.1, 0.15) is 0 Å². The minimum Gasteiger partial charge on any atom is -0.383 e. The van der Waals surface area contributed by atoms with Crippen LogP contribution < -0.4 is 5.32 Å². The minimum absolute atomic E-state index is 0.576. The lowest BCUT2D eigenvalue weighted by atomic mass is 10.1. The van der Waals surface area contributed by atoms with Gasteiger partial charge < -0.3 is 5.32 Å². The topological polar surface area (TPSA) is 12.0 Å². The van der Waals surface area contributed by atoms with Crippen LogP contribution in [-0.2, 0) is 0 Å². The van der Waals surface area contributed by atoms with E-state index in [2.05, 4.69) is 49.7 Å². The lowest BCUT2D eigenvalue weighted by molar-refractivity contribution is 0.594. The summed E-state index contributed by atoms with van der Waals surface area (Å²) >= 11 is 1.79. The first-order valence-corrected chi connectivity index (χ1v) is 7.89. The van der Waals surface area contributed by atoms with Gasteiger partial charge in [-0.25, -0.2) is 0 Å². The van der Waals surface area contributed by atoms with Crippen LogP contribution in [0.5, 0.6) is 0 Å². The number of hydrogen-bond donors (Lipinski definition) is 1. The fourth-order valence-corrected chi connectivity index (χ4v) is 2.33. The molecule has 0 radical (unpaired) electrons. The van der Waals surface area contributed by atoms with Gasteiger partial charge in [-0.2, -0.15) is 0 Å². The normalized spacial score (nSPS) is 12.4. The molecule has 0 bridgehead atoms. The first-order valence-electron chi connectivity index (χ1n) is 6.67. The average Bonchev–Trinajstić information content (AvgIpc) is 2.36. The highest BCUT2D eigenvalue weighted by Gasteiger charge is 2.01. The molecule has 1 aromatic carbocycles. The van der Waals surface area contributed by atoms with Crippen LogP contribution in [0.1, 0.15) is 46.0 Å². The van der Waals surface area contributed by atoms with Gasteiger partial charge in [-0.3, -0.25) is 0 Å². The molecule has 17 heavy (non-hydrogen) atoms. The number of thioether (sulfide) groups is 1. The molecule has 0 aliphatic rings. The van der Waals surface area contributed by atoms with Gasteiger partial charge in [0, 0.05) is 16.6 Å². The van der Waals surface area contributed by atoms with Crippen molar-refractivity contribution in [3.05, 3.63) is 24.3 Å². The van der Waals surface area contributed by atoms with Crippen LogP contribution >= 0.6 is 11.8 Å². The first kappa shape index (κ1) is 14.4. The van der Waals surface area contributed by atoms with Gasteiger partial charge >= 0.3 is 0 Å². The predicted molar refractivity (Wildman–Crippen MR) is 80.1 cm³/mol. The maximum absolute atomic E-state index is 3.56. The highest BCUT2D eigenvalue weighted by molar-refractivity contribution is 7.98. The van der Waals surface area contributed by atoms with Crippen molar-refractivity contribution in [1.82, 2.24) is 0 Å². The van der Waals surface area contributed by atoms with E-state index in [-0.39, 0.29) is 0 Å². The molecule has 0 aliphatic heterocycles. The molecule has 96 valence electrons. The first-order chi connectivity index (χ1) is 8.26. The van der Waals surface area contributed by atoms with Gasteiger partial charge in [-0.1, -0.05) is 32.6 Å². The third-order valence-electron chi connectivity index (χ3n) is 2.99. The van der Waals surface area contributed by atoms with E-state index in [9.17, 15) is 0 Å². The average molecular weight is 251 g/mol. The molecular weight excluding hydrogens is 226 g/mol. The third-order valence-corrected chi connectivity index (χ3v) is 3.74. The van der Waals surface area contributed by atoms with E-state index in [4.69, 9.17) is 0 Å². The zero-order valence-electron chi connectivity index (χ0n) is 11.3. The van der Waals surface area contributed by atoms with Gasteiger partial charge in [0.05, 0.1) is 0 Å². The minimum atomic E-state index is 0.576. The van der Waals surface area contributed by atoms with Gasteiger partial charge in [-0.05, 0) is 43.9 Å². The summed E-state index contributed by atoms with van der Waals surface area (Å²) < 4.78 is 0. The van der Waals surface area contributed by atoms with E-state index in [1.165, 1.54) is 42.7 Å². The van der Waals surface area contributed by atoms with Crippen molar-refractivity contribution in [1.29, 1.82) is 0 Å². The Morgan fingerprint density at radius 3 is 2.41 bits per heavy atom. The molecule has 0 aliphatic carbocycles. The summed E-state index contributed by atoms with van der Waals surface area (Å²) in [6.45, 7) is 4.53. The highest BCUT2D eigenvalue weighted by atomic mass is 32.2. The second-order valence-electron chi connectivity index (χ2n) is 4.62. The van der Waals surface area contributed by atoms with Crippen LogP contribution in [0.4, 0.5) is 5.69 Å². The highest BCUT2D eigenvalue weighted by Crippen LogP contribution is 2.18. The van der Waals surface area contributed by atoms with Crippen LogP contribution in [0.25, 0.3) is 0 Å². The summed E-state index contributed by atoms with van der Waals surface area (Å²) in [6, 6.07) is 9.28. The van der Waals surface area contributed by atoms with E-state index in [0.29, 0.717) is 6.04 Å². The summed E-state index contributed by atoms with van der Waals surface area (Å²) in [7, 11) is 0. The second kappa shape index (κ2) is 8.46. The van der Waals surface area contributed by atoms with Crippen LogP contribution in [0.2, 0.25) is 0 Å². The van der Waals surface area contributed by atoms with Crippen LogP contribution in [0.15, 0.2) is 29.2 Å². The van der Waals surface area contributed by atoms with E-state index in [0.717, 1.165) is 0 Å². The molecule has 0 saturated carbocycles. The SMILES string of the molecule is CCCCCCC(C)Nc1ccc(SC)cc1. The second-order valence-corrected chi connectivity index (χ2v) is 5.50. The molecule has 0 heterocycles. The maximum atomic E-state index is 3.56. The smallest absolute Gasteiger partial charge is 0.0342 e. The molecule has 1 atom stereocenters. The Labute approximate surface area is 110 Å². The number of rotatable bonds is 8. The summed E-state index contributed by atoms with van der Waals surface area (Å²) in [5.41, 5.74) is 1.24. The molecule has 1 unspecified atom stereocenters. The van der Waals surface area contributed by atoms with Gasteiger partial charge in [-0.15, -0.1) is 11.8 Å². The molecule has 1 aromatic rings. The summed E-state index contributed by atoms with van der Waals surface area (Å²) in [4.78, 5) is 1.33. The molecule has 2 heteroatoms. The van der Waals surface area contributed by atoms with Crippen molar-refractivity contribution in [2.24, 2.45) is 0 Å². The number of nitrogens with one attached hydrogen (secondary N) is 1. The van der Waals surface area contributed by atoms with Crippen LogP contribution in [0, 0.1) is 0 Å². The number of benzene rings is 1. The van der Waals surface area contributed by atoms with Crippen molar-refractivity contribution in [3.8, 4) is 0 Å². The van der Waals surface area contributed by atoms with E-state index < -0.39 is 0 Å². The van der Waals surface area contributed by atoms with Crippen LogP contribution in [0.3, 0.4) is 0 Å². The Hall–Kier alpha value is -0.630. The summed E-state index contributed by atoms with van der Waals surface area (Å²) in [6.07, 6.45) is 8.77. The van der Waals surface area contributed by atoms with Crippen molar-refractivity contribution < 1.29 is 0 Å². The molecular formula is C15H25NS. The van der Waals surface area contributed by atoms with Crippen molar-refractivity contribution in [3.63, 3.8) is 0 Å². The Morgan fingerprint density at radius 1 is 1.12 bits per heavy atom. The summed E-state index contributed by atoms with van der Waals surface area (Å²) in [5, 5.41) is 3.56. The lowest BCUT2D eigenvalue weighted by Gasteiger charge is -2.15. The van der Waals surface area contributed by atoms with Crippen molar-refractivity contribution >= 4 is 17.4 Å². The van der Waals surface area contributed by atoms with Gasteiger partial charge in [0.15, 0.2) is 0 Å². The number of hydrogen-bond acceptors (Lipinski definition) is 2. The third kappa shape index (κ3) is 6.02.